The van der Waals surface area contributed by atoms with Crippen molar-refractivity contribution >= 4 is 11.7 Å². The first-order valence-corrected chi connectivity index (χ1v) is 8.47. The summed E-state index contributed by atoms with van der Waals surface area (Å²) in [6, 6.07) is 9.97. The maximum Gasteiger partial charge on any atom is 0.416 e. The Morgan fingerprint density at radius 2 is 1.73 bits per heavy atom. The molecule has 0 spiro atoms. The Hall–Kier alpha value is -3.69. The molecule has 0 unspecified atom stereocenters. The van der Waals surface area contributed by atoms with Gasteiger partial charge in [-0.25, -0.2) is 9.37 Å². The van der Waals surface area contributed by atoms with Crippen molar-refractivity contribution in [2.24, 2.45) is 0 Å². The highest BCUT2D eigenvalue weighted by molar-refractivity contribution is 5.98. The van der Waals surface area contributed by atoms with Gasteiger partial charge in [0.1, 0.15) is 11.6 Å². The summed E-state index contributed by atoms with van der Waals surface area (Å²) >= 11 is 0. The first-order valence-electron chi connectivity index (χ1n) is 8.47. The van der Waals surface area contributed by atoms with Gasteiger partial charge in [0, 0.05) is 6.54 Å². The molecule has 1 aromatic heterocycles. The van der Waals surface area contributed by atoms with E-state index in [9.17, 15) is 26.7 Å². The van der Waals surface area contributed by atoms with Gasteiger partial charge in [0.15, 0.2) is 11.6 Å². The molecule has 3 rings (SSSR count). The molecule has 0 aliphatic carbocycles. The van der Waals surface area contributed by atoms with Crippen molar-refractivity contribution in [3.05, 3.63) is 83.1 Å². The van der Waals surface area contributed by atoms with Gasteiger partial charge < -0.3 is 15.8 Å². The molecule has 0 aliphatic heterocycles. The fourth-order valence-electron chi connectivity index (χ4n) is 2.48. The summed E-state index contributed by atoms with van der Waals surface area (Å²) in [6.07, 6.45) is -4.63. The van der Waals surface area contributed by atoms with Crippen LogP contribution in [0.15, 0.2) is 54.6 Å². The number of carbonyl (C=O) groups is 1. The minimum absolute atomic E-state index is 0.0105. The van der Waals surface area contributed by atoms with Crippen LogP contribution in [-0.4, -0.2) is 10.9 Å². The average molecular weight is 423 g/mol. The molecule has 0 bridgehead atoms. The van der Waals surface area contributed by atoms with Crippen molar-refractivity contribution < 1.29 is 31.5 Å². The van der Waals surface area contributed by atoms with Gasteiger partial charge in [0.05, 0.1) is 11.1 Å². The lowest BCUT2D eigenvalue weighted by atomic mass is 10.2. The number of alkyl halides is 3. The number of hydrogen-bond donors (Lipinski definition) is 2. The van der Waals surface area contributed by atoms with Crippen LogP contribution in [0.4, 0.5) is 27.8 Å². The maximum atomic E-state index is 13.8. The van der Waals surface area contributed by atoms with Gasteiger partial charge >= 0.3 is 6.18 Å². The molecular weight excluding hydrogens is 409 g/mol. The highest BCUT2D eigenvalue weighted by Crippen LogP contribution is 2.34. The lowest BCUT2D eigenvalue weighted by molar-refractivity contribution is -0.137. The van der Waals surface area contributed by atoms with E-state index in [1.54, 1.807) is 0 Å². The number of nitrogens with two attached hydrogens (primary N) is 1. The minimum Gasteiger partial charge on any atom is -0.454 e. The zero-order chi connectivity index (χ0) is 21.9. The van der Waals surface area contributed by atoms with Crippen LogP contribution in [-0.2, 0) is 12.7 Å². The SMILES string of the molecule is Nc1nc(F)ccc1C(=O)NCc1ccc(Oc2cc(C(F)(F)F)ccc2F)cc1. The summed E-state index contributed by atoms with van der Waals surface area (Å²) in [5.74, 6) is -3.02. The minimum atomic E-state index is -4.63. The van der Waals surface area contributed by atoms with Crippen LogP contribution >= 0.6 is 0 Å². The summed E-state index contributed by atoms with van der Waals surface area (Å²) < 4.78 is 70.2. The molecule has 156 valence electrons. The molecule has 1 heterocycles. The Bertz CT molecular complexity index is 1070. The number of amides is 1. The van der Waals surface area contributed by atoms with Gasteiger partial charge in [-0.1, -0.05) is 12.1 Å². The second-order valence-corrected chi connectivity index (χ2v) is 6.14. The number of carbonyl (C=O) groups excluding carboxylic acids is 1. The van der Waals surface area contributed by atoms with Crippen LogP contribution in [0, 0.1) is 11.8 Å². The largest absolute Gasteiger partial charge is 0.454 e. The number of ether oxygens (including phenoxy) is 1. The Kier molecular flexibility index (Phi) is 5.86. The zero-order valence-corrected chi connectivity index (χ0v) is 15.1. The topological polar surface area (TPSA) is 77.2 Å². The highest BCUT2D eigenvalue weighted by atomic mass is 19.4. The van der Waals surface area contributed by atoms with E-state index in [2.05, 4.69) is 10.3 Å². The number of nitrogen functional groups attached to an aromatic ring is 1. The van der Waals surface area contributed by atoms with Gasteiger partial charge in [-0.05, 0) is 48.0 Å². The molecule has 0 saturated heterocycles. The van der Waals surface area contributed by atoms with E-state index in [1.807, 2.05) is 0 Å². The highest BCUT2D eigenvalue weighted by Gasteiger charge is 2.31. The van der Waals surface area contributed by atoms with Gasteiger partial charge in [0.2, 0.25) is 5.95 Å². The molecule has 30 heavy (non-hydrogen) atoms. The number of aromatic nitrogens is 1. The second-order valence-electron chi connectivity index (χ2n) is 6.14. The summed E-state index contributed by atoms with van der Waals surface area (Å²) in [7, 11) is 0. The molecule has 0 saturated carbocycles. The van der Waals surface area contributed by atoms with Crippen molar-refractivity contribution in [3.8, 4) is 11.5 Å². The number of benzene rings is 2. The molecule has 10 heteroatoms. The van der Waals surface area contributed by atoms with E-state index in [0.717, 1.165) is 6.07 Å². The van der Waals surface area contributed by atoms with Gasteiger partial charge in [-0.3, -0.25) is 4.79 Å². The summed E-state index contributed by atoms with van der Waals surface area (Å²) in [6.45, 7) is 0.0772. The number of nitrogens with zero attached hydrogens (tertiary/aromatic N) is 1. The van der Waals surface area contributed by atoms with Crippen molar-refractivity contribution in [1.82, 2.24) is 10.3 Å². The first-order chi connectivity index (χ1) is 14.1. The Labute approximate surface area is 167 Å². The van der Waals surface area contributed by atoms with E-state index in [1.165, 1.54) is 30.3 Å². The Morgan fingerprint density at radius 3 is 2.37 bits per heavy atom. The predicted octanol–water partition coefficient (Wildman–Crippen LogP) is 4.68. The molecule has 3 N–H and O–H groups in total. The van der Waals surface area contributed by atoms with Crippen molar-refractivity contribution in [3.63, 3.8) is 0 Å². The quantitative estimate of drug-likeness (QED) is 0.461. The summed E-state index contributed by atoms with van der Waals surface area (Å²) in [5.41, 5.74) is 5.10. The number of anilines is 1. The molecule has 1 amide bonds. The Balaban J connectivity index is 1.65. The molecule has 2 aromatic carbocycles. The maximum absolute atomic E-state index is 13.8. The van der Waals surface area contributed by atoms with Crippen LogP contribution in [0.3, 0.4) is 0 Å². The van der Waals surface area contributed by atoms with Crippen LogP contribution in [0.5, 0.6) is 11.5 Å². The zero-order valence-electron chi connectivity index (χ0n) is 15.1. The molecule has 0 radical (unpaired) electrons. The smallest absolute Gasteiger partial charge is 0.416 e. The fourth-order valence-corrected chi connectivity index (χ4v) is 2.48. The lowest BCUT2D eigenvalue weighted by Gasteiger charge is -2.12. The Morgan fingerprint density at radius 1 is 1.03 bits per heavy atom. The molecule has 5 nitrogen and oxygen atoms in total. The molecular formula is C20H14F5N3O2. The van der Waals surface area contributed by atoms with Crippen molar-refractivity contribution in [1.29, 1.82) is 0 Å². The predicted molar refractivity (Wildman–Crippen MR) is 97.7 cm³/mol. The molecule has 0 aliphatic rings. The van der Waals surface area contributed by atoms with Gasteiger partial charge in [-0.2, -0.15) is 17.6 Å². The molecule has 0 atom stereocenters. The van der Waals surface area contributed by atoms with Crippen LogP contribution in [0.25, 0.3) is 0 Å². The third-order valence-corrected chi connectivity index (χ3v) is 4.00. The average Bonchev–Trinajstić information content (AvgIpc) is 2.68. The van der Waals surface area contributed by atoms with E-state index < -0.39 is 35.2 Å². The number of nitrogens with one attached hydrogen (secondary N) is 1. The third-order valence-electron chi connectivity index (χ3n) is 4.00. The number of hydrogen-bond acceptors (Lipinski definition) is 4. The first kappa shape index (κ1) is 21.0. The van der Waals surface area contributed by atoms with Gasteiger partial charge in [0.25, 0.3) is 5.91 Å². The third kappa shape index (κ3) is 5.02. The second kappa shape index (κ2) is 8.36. The van der Waals surface area contributed by atoms with Crippen LogP contribution in [0.2, 0.25) is 0 Å². The number of rotatable bonds is 5. The molecule has 3 aromatic rings. The lowest BCUT2D eigenvalue weighted by Crippen LogP contribution is -2.24. The van der Waals surface area contributed by atoms with E-state index >= 15 is 0 Å². The van der Waals surface area contributed by atoms with E-state index in [4.69, 9.17) is 10.5 Å². The summed E-state index contributed by atoms with van der Waals surface area (Å²) in [4.78, 5) is 15.5. The number of pyridine rings is 1. The van der Waals surface area contributed by atoms with E-state index in [-0.39, 0.29) is 23.7 Å². The number of halogens is 5. The monoisotopic (exact) mass is 423 g/mol. The van der Waals surface area contributed by atoms with Gasteiger partial charge in [-0.15, -0.1) is 0 Å². The normalized spacial score (nSPS) is 11.2. The standard InChI is InChI=1S/C20H14F5N3O2/c21-15-7-3-12(20(23,24)25)9-16(15)30-13-4-1-11(2-5-13)10-27-19(29)14-6-8-17(22)28-18(14)26/h1-9H,10H2,(H2,26,28)(H,27,29). The van der Waals surface area contributed by atoms with Crippen LogP contribution in [0.1, 0.15) is 21.5 Å². The van der Waals surface area contributed by atoms with E-state index in [0.29, 0.717) is 23.8 Å². The van der Waals surface area contributed by atoms with Crippen molar-refractivity contribution in [2.45, 2.75) is 12.7 Å². The van der Waals surface area contributed by atoms with Crippen molar-refractivity contribution in [2.75, 3.05) is 5.73 Å². The fraction of sp³-hybridized carbons (Fsp3) is 0.100. The van der Waals surface area contributed by atoms with Crippen LogP contribution < -0.4 is 15.8 Å². The summed E-state index contributed by atoms with van der Waals surface area (Å²) in [5, 5.41) is 2.57. The molecule has 0 fully saturated rings.